The van der Waals surface area contributed by atoms with Crippen molar-refractivity contribution in [3.63, 3.8) is 0 Å². The van der Waals surface area contributed by atoms with Gasteiger partial charge in [-0.1, -0.05) is 15.9 Å². The molecule has 0 radical (unpaired) electrons. The van der Waals surface area contributed by atoms with Gasteiger partial charge >= 0.3 is 0 Å². The van der Waals surface area contributed by atoms with Crippen LogP contribution in [-0.4, -0.2) is 37.1 Å². The molecule has 0 spiro atoms. The quantitative estimate of drug-likeness (QED) is 0.853. The highest BCUT2D eigenvalue weighted by Crippen LogP contribution is 2.20. The molecule has 1 saturated heterocycles. The van der Waals surface area contributed by atoms with Gasteiger partial charge in [0.2, 0.25) is 5.91 Å². The number of methoxy groups -OCH3 is 1. The Morgan fingerprint density at radius 2 is 2.16 bits per heavy atom. The van der Waals surface area contributed by atoms with Gasteiger partial charge in [-0.25, -0.2) is 4.39 Å². The maximum absolute atomic E-state index is 13.2. The number of carbonyl (C=O) groups is 1. The van der Waals surface area contributed by atoms with Gasteiger partial charge in [-0.2, -0.15) is 0 Å². The van der Waals surface area contributed by atoms with Crippen LogP contribution in [0.3, 0.4) is 0 Å². The molecule has 0 atom stereocenters. The largest absolute Gasteiger partial charge is 0.381 e. The van der Waals surface area contributed by atoms with E-state index in [0.717, 1.165) is 17.3 Å². The Labute approximate surface area is 120 Å². The fourth-order valence-corrected chi connectivity index (χ4v) is 2.68. The van der Waals surface area contributed by atoms with Crippen molar-refractivity contribution in [2.75, 3.05) is 20.2 Å². The first-order chi connectivity index (χ1) is 9.10. The Morgan fingerprint density at radius 1 is 1.47 bits per heavy atom. The highest BCUT2D eigenvalue weighted by atomic mass is 79.9. The second kappa shape index (κ2) is 6.48. The summed E-state index contributed by atoms with van der Waals surface area (Å²) in [5.74, 6) is -0.273. The summed E-state index contributed by atoms with van der Waals surface area (Å²) >= 11 is 3.35. The first kappa shape index (κ1) is 14.5. The summed E-state index contributed by atoms with van der Waals surface area (Å²) in [7, 11) is 1.70. The predicted octanol–water partition coefficient (Wildman–Crippen LogP) is 2.77. The van der Waals surface area contributed by atoms with Crippen LogP contribution in [0.5, 0.6) is 0 Å². The van der Waals surface area contributed by atoms with Crippen molar-refractivity contribution in [2.45, 2.75) is 25.4 Å². The number of halogens is 2. The lowest BCUT2D eigenvalue weighted by Crippen LogP contribution is -2.41. The first-order valence-corrected chi connectivity index (χ1v) is 7.14. The molecule has 5 heteroatoms. The van der Waals surface area contributed by atoms with Crippen molar-refractivity contribution < 1.29 is 13.9 Å². The van der Waals surface area contributed by atoms with Crippen LogP contribution in [0.25, 0.3) is 0 Å². The van der Waals surface area contributed by atoms with E-state index in [2.05, 4.69) is 15.9 Å². The van der Waals surface area contributed by atoms with Crippen LogP contribution in [0.2, 0.25) is 0 Å². The molecule has 0 aliphatic carbocycles. The number of amides is 1. The zero-order valence-electron chi connectivity index (χ0n) is 10.9. The predicted molar refractivity (Wildman–Crippen MR) is 74.4 cm³/mol. The Kier molecular flexibility index (Phi) is 4.93. The Bertz CT molecular complexity index is 459. The number of likely N-dealkylation sites (tertiary alicyclic amines) is 1. The fraction of sp³-hybridized carbons (Fsp3) is 0.500. The number of hydrogen-bond donors (Lipinski definition) is 0. The molecule has 0 bridgehead atoms. The zero-order valence-corrected chi connectivity index (χ0v) is 12.5. The SMILES string of the molecule is COC1CCN(C(=O)Cc2cc(F)ccc2Br)CC1. The molecule has 19 heavy (non-hydrogen) atoms. The van der Waals surface area contributed by atoms with Gasteiger partial charge < -0.3 is 9.64 Å². The van der Waals surface area contributed by atoms with Gasteiger partial charge in [-0.3, -0.25) is 4.79 Å². The summed E-state index contributed by atoms with van der Waals surface area (Å²) in [4.78, 5) is 14.0. The average molecular weight is 330 g/mol. The minimum atomic E-state index is -0.316. The Hall–Kier alpha value is -0.940. The van der Waals surface area contributed by atoms with Crippen molar-refractivity contribution in [1.29, 1.82) is 0 Å². The fourth-order valence-electron chi connectivity index (χ4n) is 2.29. The normalized spacial score (nSPS) is 16.7. The summed E-state index contributed by atoms with van der Waals surface area (Å²) in [5, 5.41) is 0. The van der Waals surface area contributed by atoms with Crippen molar-refractivity contribution in [3.8, 4) is 0 Å². The van der Waals surface area contributed by atoms with Crippen molar-refractivity contribution in [1.82, 2.24) is 4.90 Å². The maximum Gasteiger partial charge on any atom is 0.227 e. The van der Waals surface area contributed by atoms with E-state index in [1.807, 2.05) is 4.90 Å². The molecule has 0 aromatic heterocycles. The number of ether oxygens (including phenoxy) is 1. The Balaban J connectivity index is 1.96. The second-order valence-corrected chi connectivity index (χ2v) is 5.58. The van der Waals surface area contributed by atoms with E-state index >= 15 is 0 Å². The third-order valence-corrected chi connectivity index (χ3v) is 4.25. The van der Waals surface area contributed by atoms with Gasteiger partial charge in [0.1, 0.15) is 5.82 Å². The molecule has 2 rings (SSSR count). The molecule has 3 nitrogen and oxygen atoms in total. The van der Waals surface area contributed by atoms with Gasteiger partial charge in [0.05, 0.1) is 12.5 Å². The van der Waals surface area contributed by atoms with Crippen LogP contribution in [-0.2, 0) is 16.0 Å². The lowest BCUT2D eigenvalue weighted by atomic mass is 10.1. The summed E-state index contributed by atoms with van der Waals surface area (Å²) < 4.78 is 19.2. The van der Waals surface area contributed by atoms with E-state index in [4.69, 9.17) is 4.74 Å². The summed E-state index contributed by atoms with van der Waals surface area (Å²) in [6.45, 7) is 1.43. The van der Waals surface area contributed by atoms with Crippen LogP contribution in [0.4, 0.5) is 4.39 Å². The van der Waals surface area contributed by atoms with E-state index < -0.39 is 0 Å². The second-order valence-electron chi connectivity index (χ2n) is 4.73. The van der Waals surface area contributed by atoms with Gasteiger partial charge in [-0.05, 0) is 36.6 Å². The number of nitrogens with zero attached hydrogens (tertiary/aromatic N) is 1. The molecular formula is C14H17BrFNO2. The smallest absolute Gasteiger partial charge is 0.227 e. The van der Waals surface area contributed by atoms with Crippen molar-refractivity contribution >= 4 is 21.8 Å². The van der Waals surface area contributed by atoms with Crippen molar-refractivity contribution in [3.05, 3.63) is 34.1 Å². The maximum atomic E-state index is 13.2. The lowest BCUT2D eigenvalue weighted by molar-refractivity contribution is -0.132. The molecule has 0 N–H and O–H groups in total. The van der Waals surface area contributed by atoms with Gasteiger partial charge in [0.25, 0.3) is 0 Å². The highest BCUT2D eigenvalue weighted by Gasteiger charge is 2.22. The number of rotatable bonds is 3. The topological polar surface area (TPSA) is 29.5 Å². The van der Waals surface area contributed by atoms with Crippen molar-refractivity contribution in [2.24, 2.45) is 0 Å². The van der Waals surface area contributed by atoms with E-state index in [0.29, 0.717) is 18.7 Å². The van der Waals surface area contributed by atoms with Crippen LogP contribution in [0, 0.1) is 5.82 Å². The molecular weight excluding hydrogens is 313 g/mol. The highest BCUT2D eigenvalue weighted by molar-refractivity contribution is 9.10. The molecule has 1 aromatic carbocycles. The molecule has 0 saturated carbocycles. The van der Waals surface area contributed by atoms with E-state index in [1.165, 1.54) is 12.1 Å². The first-order valence-electron chi connectivity index (χ1n) is 6.34. The summed E-state index contributed by atoms with van der Waals surface area (Å²) in [6, 6.07) is 4.42. The monoisotopic (exact) mass is 329 g/mol. The Morgan fingerprint density at radius 3 is 2.79 bits per heavy atom. The number of carbonyl (C=O) groups excluding carboxylic acids is 1. The third-order valence-electron chi connectivity index (χ3n) is 3.48. The van der Waals surface area contributed by atoms with Gasteiger partial charge in [-0.15, -0.1) is 0 Å². The molecule has 1 aromatic rings. The minimum absolute atomic E-state index is 0.0425. The summed E-state index contributed by atoms with van der Waals surface area (Å²) in [5.41, 5.74) is 0.693. The molecule has 1 amide bonds. The van der Waals surface area contributed by atoms with Crippen LogP contribution < -0.4 is 0 Å². The molecule has 1 heterocycles. The van der Waals surface area contributed by atoms with E-state index in [9.17, 15) is 9.18 Å². The molecule has 104 valence electrons. The molecule has 1 aliphatic heterocycles. The molecule has 1 aliphatic rings. The zero-order chi connectivity index (χ0) is 13.8. The van der Waals surface area contributed by atoms with E-state index in [-0.39, 0.29) is 24.2 Å². The van der Waals surface area contributed by atoms with Gasteiger partial charge in [0.15, 0.2) is 0 Å². The minimum Gasteiger partial charge on any atom is -0.381 e. The number of piperidine rings is 1. The molecule has 1 fully saturated rings. The standard InChI is InChI=1S/C14H17BrFNO2/c1-19-12-4-6-17(7-5-12)14(18)9-10-8-11(16)2-3-13(10)15/h2-3,8,12H,4-7,9H2,1H3. The van der Waals surface area contributed by atoms with Crippen LogP contribution in [0.15, 0.2) is 22.7 Å². The lowest BCUT2D eigenvalue weighted by Gasteiger charge is -2.31. The summed E-state index contributed by atoms with van der Waals surface area (Å²) in [6.07, 6.45) is 2.22. The number of benzene rings is 1. The van der Waals surface area contributed by atoms with Crippen LogP contribution in [0.1, 0.15) is 18.4 Å². The third kappa shape index (κ3) is 3.76. The molecule has 0 unspecified atom stereocenters. The van der Waals surface area contributed by atoms with Gasteiger partial charge in [0, 0.05) is 24.7 Å². The number of hydrogen-bond acceptors (Lipinski definition) is 2. The van der Waals surface area contributed by atoms with E-state index in [1.54, 1.807) is 13.2 Å². The average Bonchev–Trinajstić information content (AvgIpc) is 2.43. The van der Waals surface area contributed by atoms with Crippen LogP contribution >= 0.6 is 15.9 Å².